The topological polar surface area (TPSA) is 69.6 Å². The first-order valence-electron chi connectivity index (χ1n) is 10.8. The minimum Gasteiger partial charge on any atom is -0.481 e. The van der Waals surface area contributed by atoms with E-state index in [0.29, 0.717) is 19.6 Å². The number of aliphatic carboxylic acids is 1. The fourth-order valence-electron chi connectivity index (χ4n) is 4.58. The Balaban J connectivity index is 1.66. The van der Waals surface area contributed by atoms with Crippen LogP contribution in [0.5, 0.6) is 0 Å². The summed E-state index contributed by atoms with van der Waals surface area (Å²) < 4.78 is 0. The Morgan fingerprint density at radius 2 is 1.53 bits per heavy atom. The molecular weight excluding hydrogens is 400 g/mol. The summed E-state index contributed by atoms with van der Waals surface area (Å²) in [4.78, 5) is 26.4. The van der Waals surface area contributed by atoms with Gasteiger partial charge in [-0.3, -0.25) is 4.79 Å². The molecule has 3 aromatic rings. The fourth-order valence-corrected chi connectivity index (χ4v) is 4.58. The average molecular weight is 429 g/mol. The van der Waals surface area contributed by atoms with E-state index in [-0.39, 0.29) is 12.5 Å². The number of benzene rings is 3. The normalized spacial score (nSPS) is 12.5. The number of nitrogens with one attached hydrogen (secondary N) is 1. The van der Waals surface area contributed by atoms with E-state index >= 15 is 0 Å². The Morgan fingerprint density at radius 1 is 0.906 bits per heavy atom. The largest absolute Gasteiger partial charge is 0.481 e. The predicted octanol–water partition coefficient (Wildman–Crippen LogP) is 5.13. The van der Waals surface area contributed by atoms with Crippen LogP contribution in [0.15, 0.2) is 54.6 Å². The number of amides is 2. The Kier molecular flexibility index (Phi) is 5.99. The van der Waals surface area contributed by atoms with Crippen LogP contribution in [0.3, 0.4) is 0 Å². The van der Waals surface area contributed by atoms with Gasteiger partial charge in [-0.15, -0.1) is 0 Å². The number of carbonyl (C=O) groups excluding carboxylic acids is 1. The van der Waals surface area contributed by atoms with E-state index in [0.717, 1.165) is 50.1 Å². The number of rotatable bonds is 5. The minimum absolute atomic E-state index is 0.0383. The van der Waals surface area contributed by atoms with Gasteiger partial charge in [0, 0.05) is 19.6 Å². The Morgan fingerprint density at radius 3 is 2.16 bits per heavy atom. The van der Waals surface area contributed by atoms with E-state index in [1.807, 2.05) is 75.4 Å². The number of nitrogens with zero attached hydrogens (tertiary/aromatic N) is 1. The van der Waals surface area contributed by atoms with Crippen molar-refractivity contribution in [3.05, 3.63) is 93.5 Å². The van der Waals surface area contributed by atoms with Crippen molar-refractivity contribution in [1.82, 2.24) is 10.2 Å². The van der Waals surface area contributed by atoms with Crippen LogP contribution in [0.25, 0.3) is 11.1 Å². The third-order valence-corrected chi connectivity index (χ3v) is 6.34. The van der Waals surface area contributed by atoms with Gasteiger partial charge in [0.05, 0.1) is 6.42 Å². The van der Waals surface area contributed by atoms with E-state index < -0.39 is 5.97 Å². The van der Waals surface area contributed by atoms with Crippen LogP contribution in [-0.4, -0.2) is 22.0 Å². The summed E-state index contributed by atoms with van der Waals surface area (Å²) in [5, 5.41) is 12.6. The first-order valence-corrected chi connectivity index (χ1v) is 10.8. The number of urea groups is 1. The van der Waals surface area contributed by atoms with Gasteiger partial charge in [0.1, 0.15) is 0 Å². The van der Waals surface area contributed by atoms with E-state index in [1.54, 1.807) is 4.90 Å². The molecule has 0 fully saturated rings. The number of hydrogen-bond donors (Lipinski definition) is 2. The lowest BCUT2D eigenvalue weighted by Crippen LogP contribution is -2.36. The van der Waals surface area contributed by atoms with Gasteiger partial charge < -0.3 is 15.3 Å². The molecule has 1 aliphatic rings. The third kappa shape index (κ3) is 4.24. The highest BCUT2D eigenvalue weighted by molar-refractivity contribution is 5.82. The van der Waals surface area contributed by atoms with Crippen molar-refractivity contribution in [2.24, 2.45) is 0 Å². The van der Waals surface area contributed by atoms with Crippen molar-refractivity contribution in [1.29, 1.82) is 0 Å². The maximum atomic E-state index is 12.9. The Labute approximate surface area is 188 Å². The van der Waals surface area contributed by atoms with Gasteiger partial charge in [-0.2, -0.15) is 0 Å². The minimum atomic E-state index is -0.851. The highest BCUT2D eigenvalue weighted by Crippen LogP contribution is 2.39. The molecule has 164 valence electrons. The van der Waals surface area contributed by atoms with Gasteiger partial charge in [0.25, 0.3) is 0 Å². The molecule has 2 amide bonds. The predicted molar refractivity (Wildman–Crippen MR) is 125 cm³/mol. The van der Waals surface area contributed by atoms with Gasteiger partial charge in [0.2, 0.25) is 0 Å². The zero-order valence-electron chi connectivity index (χ0n) is 18.7. The summed E-state index contributed by atoms with van der Waals surface area (Å²) in [5.41, 5.74) is 9.28. The molecule has 4 rings (SSSR count). The van der Waals surface area contributed by atoms with Crippen molar-refractivity contribution in [2.45, 2.75) is 46.8 Å². The lowest BCUT2D eigenvalue weighted by atomic mass is 9.84. The SMILES string of the molecule is Cc1ccc(-c2c(C)c3c(c(C)c2CC(=O)O)CN(C(=O)NCc2ccccc2)C3)cc1. The first-order chi connectivity index (χ1) is 15.3. The quantitative estimate of drug-likeness (QED) is 0.592. The van der Waals surface area contributed by atoms with Gasteiger partial charge in [-0.1, -0.05) is 60.2 Å². The molecule has 1 heterocycles. The molecule has 0 bridgehead atoms. The molecule has 0 unspecified atom stereocenters. The van der Waals surface area contributed by atoms with Crippen molar-refractivity contribution in [2.75, 3.05) is 0 Å². The second-order valence-electron chi connectivity index (χ2n) is 8.50. The number of fused-ring (bicyclic) bond motifs is 1. The Bertz CT molecular complexity index is 1170. The highest BCUT2D eigenvalue weighted by Gasteiger charge is 2.30. The van der Waals surface area contributed by atoms with Crippen molar-refractivity contribution in [3.63, 3.8) is 0 Å². The molecule has 0 aliphatic carbocycles. The molecule has 0 atom stereocenters. The zero-order valence-corrected chi connectivity index (χ0v) is 18.7. The molecule has 0 radical (unpaired) electrons. The molecule has 32 heavy (non-hydrogen) atoms. The molecular formula is C27H28N2O3. The number of carbonyl (C=O) groups is 2. The first kappa shape index (κ1) is 21.6. The summed E-state index contributed by atoms with van der Waals surface area (Å²) in [6.45, 7) is 7.56. The standard InChI is InChI=1S/C27H28N2O3/c1-17-9-11-21(12-10-17)26-19(3)24-16-29(15-23(24)18(2)22(26)13-25(30)31)27(32)28-14-20-7-5-4-6-8-20/h4-12H,13-16H2,1-3H3,(H,28,32)(H,30,31). The van der Waals surface area contributed by atoms with Gasteiger partial charge in [0.15, 0.2) is 0 Å². The Hall–Kier alpha value is -3.60. The molecule has 0 spiro atoms. The number of carboxylic acid groups (broad SMARTS) is 1. The molecule has 2 N–H and O–H groups in total. The highest BCUT2D eigenvalue weighted by atomic mass is 16.4. The van der Waals surface area contributed by atoms with E-state index in [4.69, 9.17) is 0 Å². The van der Waals surface area contributed by atoms with Crippen molar-refractivity contribution in [3.8, 4) is 11.1 Å². The van der Waals surface area contributed by atoms with Crippen LogP contribution < -0.4 is 5.32 Å². The monoisotopic (exact) mass is 428 g/mol. The average Bonchev–Trinajstić information content (AvgIpc) is 3.23. The zero-order chi connectivity index (χ0) is 22.8. The van der Waals surface area contributed by atoms with Crippen LogP contribution in [0.1, 0.15) is 38.9 Å². The van der Waals surface area contributed by atoms with Crippen LogP contribution in [-0.2, 0) is 30.8 Å². The van der Waals surface area contributed by atoms with Gasteiger partial charge in [-0.25, -0.2) is 4.79 Å². The molecule has 5 nitrogen and oxygen atoms in total. The lowest BCUT2D eigenvalue weighted by molar-refractivity contribution is -0.136. The number of aryl methyl sites for hydroxylation is 1. The van der Waals surface area contributed by atoms with Crippen molar-refractivity contribution >= 4 is 12.0 Å². The second kappa shape index (κ2) is 8.87. The molecule has 5 heteroatoms. The third-order valence-electron chi connectivity index (χ3n) is 6.34. The molecule has 0 saturated carbocycles. The second-order valence-corrected chi connectivity index (χ2v) is 8.50. The van der Waals surface area contributed by atoms with Crippen molar-refractivity contribution < 1.29 is 14.7 Å². The van der Waals surface area contributed by atoms with Crippen LogP contribution in [0.4, 0.5) is 4.79 Å². The molecule has 0 saturated heterocycles. The molecule has 1 aliphatic heterocycles. The van der Waals surface area contributed by atoms with Crippen LogP contribution in [0, 0.1) is 20.8 Å². The maximum Gasteiger partial charge on any atom is 0.318 e. The summed E-state index contributed by atoms with van der Waals surface area (Å²) >= 11 is 0. The summed E-state index contributed by atoms with van der Waals surface area (Å²) in [7, 11) is 0. The van der Waals surface area contributed by atoms with Gasteiger partial charge >= 0.3 is 12.0 Å². The van der Waals surface area contributed by atoms with Crippen LogP contribution >= 0.6 is 0 Å². The fraction of sp³-hybridized carbons (Fsp3) is 0.259. The van der Waals surface area contributed by atoms with Gasteiger partial charge in [-0.05, 0) is 65.3 Å². The van der Waals surface area contributed by atoms with E-state index in [1.165, 1.54) is 0 Å². The number of hydrogen-bond acceptors (Lipinski definition) is 2. The van der Waals surface area contributed by atoms with E-state index in [9.17, 15) is 14.7 Å². The molecule has 0 aromatic heterocycles. The summed E-state index contributed by atoms with van der Waals surface area (Å²) in [6.07, 6.45) is -0.0383. The summed E-state index contributed by atoms with van der Waals surface area (Å²) in [6, 6.07) is 17.9. The summed E-state index contributed by atoms with van der Waals surface area (Å²) in [5.74, 6) is -0.851. The molecule has 3 aromatic carbocycles. The lowest BCUT2D eigenvalue weighted by Gasteiger charge is -2.19. The van der Waals surface area contributed by atoms with E-state index in [2.05, 4.69) is 5.32 Å². The number of carboxylic acids is 1. The smallest absolute Gasteiger partial charge is 0.318 e. The maximum absolute atomic E-state index is 12.9. The van der Waals surface area contributed by atoms with Crippen LogP contribution in [0.2, 0.25) is 0 Å².